The number of piperazine rings is 1. The number of hydrogen-bond donors (Lipinski definition) is 2. The third-order valence-corrected chi connectivity index (χ3v) is 4.85. The quantitative estimate of drug-likeness (QED) is 0.771. The standard InChI is InChI=1S/C19H31N3O3/c1-14-12-22(10-9-21(14)13-15(2)23)16(3)19(24)20-11-17-5-7-18(25-4)8-6-17/h5-8,14-16,23H,9-13H2,1-4H3,(H,20,24)/t14-,15+,16-/m0/s1. The summed E-state index contributed by atoms with van der Waals surface area (Å²) in [5, 5.41) is 12.6. The van der Waals surface area contributed by atoms with Crippen molar-refractivity contribution in [3.05, 3.63) is 29.8 Å². The highest BCUT2D eigenvalue weighted by Gasteiger charge is 2.29. The molecule has 2 N–H and O–H groups in total. The van der Waals surface area contributed by atoms with E-state index >= 15 is 0 Å². The molecule has 6 nitrogen and oxygen atoms in total. The minimum absolute atomic E-state index is 0.0481. The Bertz CT molecular complexity index is 547. The molecule has 0 saturated carbocycles. The fourth-order valence-corrected chi connectivity index (χ4v) is 3.23. The zero-order chi connectivity index (χ0) is 18.4. The fraction of sp³-hybridized carbons (Fsp3) is 0.632. The molecule has 1 aliphatic rings. The van der Waals surface area contributed by atoms with Crippen LogP contribution in [0.5, 0.6) is 5.75 Å². The van der Waals surface area contributed by atoms with Gasteiger partial charge in [0, 0.05) is 38.8 Å². The highest BCUT2D eigenvalue weighted by atomic mass is 16.5. The van der Waals surface area contributed by atoms with Gasteiger partial charge in [0.05, 0.1) is 19.3 Å². The second kappa shape index (κ2) is 9.17. The molecule has 1 amide bonds. The molecule has 0 bridgehead atoms. The van der Waals surface area contributed by atoms with E-state index in [9.17, 15) is 9.90 Å². The number of amides is 1. The van der Waals surface area contributed by atoms with Crippen LogP contribution in [0.1, 0.15) is 26.3 Å². The number of benzene rings is 1. The summed E-state index contributed by atoms with van der Waals surface area (Å²) in [5.41, 5.74) is 1.05. The topological polar surface area (TPSA) is 65.0 Å². The van der Waals surface area contributed by atoms with E-state index in [-0.39, 0.29) is 18.1 Å². The molecule has 140 valence electrons. The Morgan fingerprint density at radius 2 is 2.00 bits per heavy atom. The van der Waals surface area contributed by atoms with Crippen LogP contribution in [-0.2, 0) is 11.3 Å². The van der Waals surface area contributed by atoms with Crippen LogP contribution in [-0.4, -0.2) is 72.3 Å². The Labute approximate surface area is 150 Å². The fourth-order valence-electron chi connectivity index (χ4n) is 3.23. The average molecular weight is 349 g/mol. The first-order valence-corrected chi connectivity index (χ1v) is 8.97. The highest BCUT2D eigenvalue weighted by Crippen LogP contribution is 2.14. The van der Waals surface area contributed by atoms with Gasteiger partial charge in [0.25, 0.3) is 0 Å². The lowest BCUT2D eigenvalue weighted by molar-refractivity contribution is -0.127. The third kappa shape index (κ3) is 5.70. The van der Waals surface area contributed by atoms with Gasteiger partial charge in [0.1, 0.15) is 5.75 Å². The maximum atomic E-state index is 12.5. The molecule has 1 saturated heterocycles. The zero-order valence-electron chi connectivity index (χ0n) is 15.7. The lowest BCUT2D eigenvalue weighted by Gasteiger charge is -2.42. The number of hydrogen-bond acceptors (Lipinski definition) is 5. The summed E-state index contributed by atoms with van der Waals surface area (Å²) >= 11 is 0. The van der Waals surface area contributed by atoms with Crippen LogP contribution in [0, 0.1) is 0 Å². The number of ether oxygens (including phenoxy) is 1. The number of β-amino-alcohol motifs (C(OH)–C–C–N with tert-alkyl or cyclic N) is 1. The van der Waals surface area contributed by atoms with Crippen LogP contribution in [0.15, 0.2) is 24.3 Å². The van der Waals surface area contributed by atoms with E-state index in [4.69, 9.17) is 4.74 Å². The average Bonchev–Trinajstić information content (AvgIpc) is 2.60. The van der Waals surface area contributed by atoms with E-state index in [1.165, 1.54) is 0 Å². The van der Waals surface area contributed by atoms with Crippen molar-refractivity contribution in [2.45, 2.75) is 45.5 Å². The van der Waals surface area contributed by atoms with Gasteiger partial charge in [-0.05, 0) is 38.5 Å². The second-order valence-corrected chi connectivity index (χ2v) is 6.93. The van der Waals surface area contributed by atoms with E-state index in [2.05, 4.69) is 22.0 Å². The van der Waals surface area contributed by atoms with Gasteiger partial charge in [0.2, 0.25) is 5.91 Å². The summed E-state index contributed by atoms with van der Waals surface area (Å²) in [6.07, 6.45) is -0.320. The summed E-state index contributed by atoms with van der Waals surface area (Å²) in [4.78, 5) is 17.0. The van der Waals surface area contributed by atoms with Gasteiger partial charge >= 0.3 is 0 Å². The number of carbonyl (C=O) groups excluding carboxylic acids is 1. The first-order chi connectivity index (χ1) is 11.9. The molecule has 3 atom stereocenters. The Balaban J connectivity index is 1.81. The maximum Gasteiger partial charge on any atom is 0.237 e. The SMILES string of the molecule is COc1ccc(CNC(=O)[C@H](C)N2CCN(C[C@@H](C)O)[C@@H](C)C2)cc1. The van der Waals surface area contributed by atoms with Gasteiger partial charge in [-0.1, -0.05) is 12.1 Å². The Kier molecular flexibility index (Phi) is 7.23. The summed E-state index contributed by atoms with van der Waals surface area (Å²) in [7, 11) is 1.64. The van der Waals surface area contributed by atoms with Gasteiger partial charge in [-0.15, -0.1) is 0 Å². The highest BCUT2D eigenvalue weighted by molar-refractivity contribution is 5.81. The van der Waals surface area contributed by atoms with Crippen molar-refractivity contribution in [1.29, 1.82) is 0 Å². The molecular formula is C19H31N3O3. The molecule has 0 aliphatic carbocycles. The van der Waals surface area contributed by atoms with Crippen molar-refractivity contribution >= 4 is 5.91 Å². The number of nitrogens with zero attached hydrogens (tertiary/aromatic N) is 2. The number of carbonyl (C=O) groups is 1. The Hall–Kier alpha value is -1.63. The smallest absolute Gasteiger partial charge is 0.237 e. The van der Waals surface area contributed by atoms with Crippen molar-refractivity contribution in [2.24, 2.45) is 0 Å². The molecule has 1 aromatic carbocycles. The van der Waals surface area contributed by atoms with E-state index < -0.39 is 0 Å². The van der Waals surface area contributed by atoms with Gasteiger partial charge in [-0.2, -0.15) is 0 Å². The van der Waals surface area contributed by atoms with Gasteiger partial charge in [-0.25, -0.2) is 0 Å². The van der Waals surface area contributed by atoms with Crippen molar-refractivity contribution < 1.29 is 14.6 Å². The lowest BCUT2D eigenvalue weighted by Crippen LogP contribution is -2.58. The van der Waals surface area contributed by atoms with E-state index in [1.54, 1.807) is 7.11 Å². The molecule has 1 fully saturated rings. The van der Waals surface area contributed by atoms with Gasteiger partial charge in [-0.3, -0.25) is 14.6 Å². The molecule has 25 heavy (non-hydrogen) atoms. The minimum Gasteiger partial charge on any atom is -0.497 e. The summed E-state index contributed by atoms with van der Waals surface area (Å²) < 4.78 is 5.14. The van der Waals surface area contributed by atoms with Crippen LogP contribution in [0.4, 0.5) is 0 Å². The Morgan fingerprint density at radius 1 is 1.32 bits per heavy atom. The van der Waals surface area contributed by atoms with Crippen molar-refractivity contribution in [3.63, 3.8) is 0 Å². The minimum atomic E-state index is -0.320. The lowest BCUT2D eigenvalue weighted by atomic mass is 10.1. The van der Waals surface area contributed by atoms with E-state index in [0.29, 0.717) is 19.1 Å². The number of rotatable bonds is 7. The van der Waals surface area contributed by atoms with Crippen molar-refractivity contribution in [3.8, 4) is 5.75 Å². The molecule has 1 aliphatic heterocycles. The van der Waals surface area contributed by atoms with Gasteiger partial charge in [0.15, 0.2) is 0 Å². The largest absolute Gasteiger partial charge is 0.497 e. The van der Waals surface area contributed by atoms with Crippen LogP contribution < -0.4 is 10.1 Å². The summed E-state index contributed by atoms with van der Waals surface area (Å²) in [6.45, 7) is 9.68. The molecule has 0 spiro atoms. The van der Waals surface area contributed by atoms with Crippen molar-refractivity contribution in [1.82, 2.24) is 15.1 Å². The maximum absolute atomic E-state index is 12.5. The second-order valence-electron chi connectivity index (χ2n) is 6.93. The predicted molar refractivity (Wildman–Crippen MR) is 98.6 cm³/mol. The predicted octanol–water partition coefficient (Wildman–Crippen LogP) is 1.09. The Morgan fingerprint density at radius 3 is 2.56 bits per heavy atom. The van der Waals surface area contributed by atoms with E-state index in [0.717, 1.165) is 30.9 Å². The van der Waals surface area contributed by atoms with Crippen molar-refractivity contribution in [2.75, 3.05) is 33.3 Å². The van der Waals surface area contributed by atoms with E-state index in [1.807, 2.05) is 38.1 Å². The van der Waals surface area contributed by atoms with Crippen LogP contribution in [0.25, 0.3) is 0 Å². The summed E-state index contributed by atoms with van der Waals surface area (Å²) in [5.74, 6) is 0.861. The number of aliphatic hydroxyl groups is 1. The molecule has 2 rings (SSSR count). The number of methoxy groups -OCH3 is 1. The van der Waals surface area contributed by atoms with Crippen LogP contribution >= 0.6 is 0 Å². The molecule has 6 heteroatoms. The molecular weight excluding hydrogens is 318 g/mol. The molecule has 0 radical (unpaired) electrons. The zero-order valence-corrected chi connectivity index (χ0v) is 15.7. The summed E-state index contributed by atoms with van der Waals surface area (Å²) in [6, 6.07) is 7.89. The molecule has 1 heterocycles. The monoisotopic (exact) mass is 349 g/mol. The first-order valence-electron chi connectivity index (χ1n) is 8.97. The van der Waals surface area contributed by atoms with Crippen LogP contribution in [0.2, 0.25) is 0 Å². The number of nitrogens with one attached hydrogen (secondary N) is 1. The molecule has 0 aromatic heterocycles. The van der Waals surface area contributed by atoms with Gasteiger partial charge < -0.3 is 15.2 Å². The normalized spacial score (nSPS) is 21.6. The third-order valence-electron chi connectivity index (χ3n) is 4.85. The van der Waals surface area contributed by atoms with Crippen LogP contribution in [0.3, 0.4) is 0 Å². The first kappa shape index (κ1) is 19.7. The molecule has 0 unspecified atom stereocenters. The number of aliphatic hydroxyl groups excluding tert-OH is 1. The molecule has 1 aromatic rings.